The van der Waals surface area contributed by atoms with Crippen LogP contribution in [0.4, 0.5) is 5.69 Å². The van der Waals surface area contributed by atoms with Crippen LogP contribution in [-0.4, -0.2) is 15.5 Å². The number of benzene rings is 2. The molecule has 0 amide bonds. The molecule has 0 bridgehead atoms. The first-order valence-electron chi connectivity index (χ1n) is 6.00. The molecule has 5 nitrogen and oxygen atoms in total. The Hall–Kier alpha value is -2.05. The smallest absolute Gasteiger partial charge is 0.240 e. The topological polar surface area (TPSA) is 81.4 Å². The fraction of sp³-hybridized carbons (Fsp3) is 0.143. The van der Waals surface area contributed by atoms with E-state index < -0.39 is 10.0 Å². The van der Waals surface area contributed by atoms with Gasteiger partial charge in [-0.3, -0.25) is 0 Å². The number of ether oxygens (including phenoxy) is 1. The Labute approximate surface area is 118 Å². The molecule has 0 aliphatic heterocycles. The van der Waals surface area contributed by atoms with Crippen LogP contribution in [0.2, 0.25) is 0 Å². The van der Waals surface area contributed by atoms with E-state index >= 15 is 0 Å². The second-order valence-corrected chi connectivity index (χ2v) is 6.19. The number of aryl methyl sites for hydroxylation is 1. The zero-order chi connectivity index (χ0) is 14.8. The molecule has 0 aliphatic carbocycles. The van der Waals surface area contributed by atoms with Crippen molar-refractivity contribution < 1.29 is 13.2 Å². The van der Waals surface area contributed by atoms with Crippen LogP contribution in [0.5, 0.6) is 11.5 Å². The molecule has 0 aliphatic rings. The zero-order valence-corrected chi connectivity index (χ0v) is 12.1. The summed E-state index contributed by atoms with van der Waals surface area (Å²) in [7, 11) is -2.05. The molecule has 2 aromatic carbocycles. The first-order chi connectivity index (χ1) is 9.42. The Morgan fingerprint density at radius 3 is 2.30 bits per heavy atom. The Morgan fingerprint density at radius 2 is 1.75 bits per heavy atom. The third-order valence-electron chi connectivity index (χ3n) is 2.83. The van der Waals surface area contributed by atoms with Crippen molar-refractivity contribution in [2.45, 2.75) is 11.8 Å². The summed E-state index contributed by atoms with van der Waals surface area (Å²) < 4.78 is 31.1. The van der Waals surface area contributed by atoms with Gasteiger partial charge < -0.3 is 10.5 Å². The van der Waals surface area contributed by atoms with Gasteiger partial charge in [-0.1, -0.05) is 0 Å². The molecule has 6 heteroatoms. The minimum Gasteiger partial charge on any atom is -0.457 e. The van der Waals surface area contributed by atoms with Crippen LogP contribution in [0.15, 0.2) is 47.4 Å². The highest BCUT2D eigenvalue weighted by atomic mass is 32.2. The summed E-state index contributed by atoms with van der Waals surface area (Å²) in [6.07, 6.45) is 0. The van der Waals surface area contributed by atoms with Gasteiger partial charge in [0.1, 0.15) is 11.5 Å². The Bertz CT molecular complexity index is 710. The fourth-order valence-corrected chi connectivity index (χ4v) is 2.45. The molecule has 0 atom stereocenters. The van der Waals surface area contributed by atoms with Crippen molar-refractivity contribution >= 4 is 15.7 Å². The molecule has 20 heavy (non-hydrogen) atoms. The molecule has 106 valence electrons. The van der Waals surface area contributed by atoms with Gasteiger partial charge in [0.15, 0.2) is 0 Å². The van der Waals surface area contributed by atoms with Crippen molar-refractivity contribution in [3.05, 3.63) is 48.0 Å². The van der Waals surface area contributed by atoms with Crippen LogP contribution in [0.3, 0.4) is 0 Å². The number of nitrogen functional groups attached to an aromatic ring is 1. The van der Waals surface area contributed by atoms with Gasteiger partial charge in [-0.15, -0.1) is 0 Å². The summed E-state index contributed by atoms with van der Waals surface area (Å²) >= 11 is 0. The molecule has 2 aromatic rings. The van der Waals surface area contributed by atoms with Gasteiger partial charge in [0.2, 0.25) is 10.0 Å². The van der Waals surface area contributed by atoms with Crippen molar-refractivity contribution in [3.8, 4) is 11.5 Å². The number of hydrogen-bond acceptors (Lipinski definition) is 4. The van der Waals surface area contributed by atoms with Crippen LogP contribution in [0.1, 0.15) is 5.56 Å². The molecule has 0 aromatic heterocycles. The van der Waals surface area contributed by atoms with E-state index in [2.05, 4.69) is 4.72 Å². The molecule has 0 fully saturated rings. The van der Waals surface area contributed by atoms with E-state index in [1.54, 1.807) is 24.3 Å². The number of rotatable bonds is 4. The van der Waals surface area contributed by atoms with E-state index in [4.69, 9.17) is 10.5 Å². The normalized spacial score (nSPS) is 11.3. The average Bonchev–Trinajstić information content (AvgIpc) is 2.42. The lowest BCUT2D eigenvalue weighted by Crippen LogP contribution is -2.18. The molecule has 2 rings (SSSR count). The predicted octanol–water partition coefficient (Wildman–Crippen LogP) is 2.28. The van der Waals surface area contributed by atoms with Gasteiger partial charge >= 0.3 is 0 Å². The van der Waals surface area contributed by atoms with Crippen molar-refractivity contribution in [1.82, 2.24) is 4.72 Å². The predicted molar refractivity (Wildman–Crippen MR) is 78.4 cm³/mol. The highest BCUT2D eigenvalue weighted by Gasteiger charge is 2.11. The lowest BCUT2D eigenvalue weighted by atomic mass is 10.2. The fourth-order valence-electron chi connectivity index (χ4n) is 1.72. The summed E-state index contributed by atoms with van der Waals surface area (Å²) in [5, 5.41) is 0. The Morgan fingerprint density at radius 1 is 1.10 bits per heavy atom. The molecule has 0 saturated heterocycles. The van der Waals surface area contributed by atoms with Gasteiger partial charge in [-0.25, -0.2) is 13.1 Å². The van der Waals surface area contributed by atoms with E-state index in [-0.39, 0.29) is 4.90 Å². The lowest BCUT2D eigenvalue weighted by Gasteiger charge is -2.10. The van der Waals surface area contributed by atoms with Crippen LogP contribution in [0.25, 0.3) is 0 Å². The molecule has 3 N–H and O–H groups in total. The lowest BCUT2D eigenvalue weighted by molar-refractivity contribution is 0.478. The summed E-state index contributed by atoms with van der Waals surface area (Å²) in [5.74, 6) is 1.25. The van der Waals surface area contributed by atoms with Crippen LogP contribution in [-0.2, 0) is 10.0 Å². The Kier molecular flexibility index (Phi) is 3.96. The SMILES string of the molecule is CNS(=O)(=O)c1ccc(Oc2ccc(N)cc2C)cc1. The zero-order valence-electron chi connectivity index (χ0n) is 11.3. The molecular weight excluding hydrogens is 276 g/mol. The molecule has 0 heterocycles. The maximum absolute atomic E-state index is 11.6. The maximum atomic E-state index is 11.6. The van der Waals surface area contributed by atoms with Crippen LogP contribution < -0.4 is 15.2 Å². The molecular formula is C14H16N2O3S. The number of nitrogens with one attached hydrogen (secondary N) is 1. The molecule has 0 spiro atoms. The van der Waals surface area contributed by atoms with Crippen molar-refractivity contribution in [2.75, 3.05) is 12.8 Å². The number of nitrogens with two attached hydrogens (primary N) is 1. The van der Waals surface area contributed by atoms with Crippen LogP contribution in [0, 0.1) is 6.92 Å². The van der Waals surface area contributed by atoms with Crippen LogP contribution >= 0.6 is 0 Å². The molecule has 0 unspecified atom stereocenters. The summed E-state index contributed by atoms with van der Waals surface area (Å²) in [4.78, 5) is 0.196. The summed E-state index contributed by atoms with van der Waals surface area (Å²) in [6.45, 7) is 1.89. The maximum Gasteiger partial charge on any atom is 0.240 e. The van der Waals surface area contributed by atoms with Gasteiger partial charge in [-0.05, 0) is 62.0 Å². The highest BCUT2D eigenvalue weighted by molar-refractivity contribution is 7.89. The molecule has 0 radical (unpaired) electrons. The standard InChI is InChI=1S/C14H16N2O3S/c1-10-9-11(15)3-8-14(10)19-12-4-6-13(7-5-12)20(17,18)16-2/h3-9,16H,15H2,1-2H3. The van der Waals surface area contributed by atoms with E-state index in [1.807, 2.05) is 13.0 Å². The third kappa shape index (κ3) is 3.09. The molecule has 0 saturated carbocycles. The van der Waals surface area contributed by atoms with Gasteiger partial charge in [0, 0.05) is 5.69 Å². The highest BCUT2D eigenvalue weighted by Crippen LogP contribution is 2.27. The van der Waals surface area contributed by atoms with Crippen molar-refractivity contribution in [1.29, 1.82) is 0 Å². The number of sulfonamides is 1. The first-order valence-corrected chi connectivity index (χ1v) is 7.48. The average molecular weight is 292 g/mol. The summed E-state index contributed by atoms with van der Waals surface area (Å²) in [6, 6.07) is 11.6. The minimum atomic E-state index is -3.42. The largest absolute Gasteiger partial charge is 0.457 e. The number of hydrogen-bond donors (Lipinski definition) is 2. The Balaban J connectivity index is 2.23. The summed E-state index contributed by atoms with van der Waals surface area (Å²) in [5.41, 5.74) is 7.26. The third-order valence-corrected chi connectivity index (χ3v) is 4.26. The van der Waals surface area contributed by atoms with E-state index in [9.17, 15) is 8.42 Å². The second-order valence-electron chi connectivity index (χ2n) is 4.31. The number of anilines is 1. The first kappa shape index (κ1) is 14.4. The van der Waals surface area contributed by atoms with Crippen molar-refractivity contribution in [3.63, 3.8) is 0 Å². The van der Waals surface area contributed by atoms with E-state index in [1.165, 1.54) is 19.2 Å². The van der Waals surface area contributed by atoms with E-state index in [0.29, 0.717) is 17.2 Å². The monoisotopic (exact) mass is 292 g/mol. The second kappa shape index (κ2) is 5.52. The minimum absolute atomic E-state index is 0.196. The quantitative estimate of drug-likeness (QED) is 0.847. The van der Waals surface area contributed by atoms with Gasteiger partial charge in [0.05, 0.1) is 4.90 Å². The van der Waals surface area contributed by atoms with Crippen molar-refractivity contribution in [2.24, 2.45) is 0 Å². The van der Waals surface area contributed by atoms with Gasteiger partial charge in [0.25, 0.3) is 0 Å². The van der Waals surface area contributed by atoms with E-state index in [0.717, 1.165) is 5.56 Å². The van der Waals surface area contributed by atoms with Gasteiger partial charge in [-0.2, -0.15) is 0 Å².